The van der Waals surface area contributed by atoms with Gasteiger partial charge in [0.1, 0.15) is 0 Å². The quantitative estimate of drug-likeness (QED) is 0.723. The highest BCUT2D eigenvalue weighted by atomic mass is 32.2. The van der Waals surface area contributed by atoms with Crippen molar-refractivity contribution in [2.45, 2.75) is 51.6 Å². The summed E-state index contributed by atoms with van der Waals surface area (Å²) in [6.45, 7) is 7.11. The van der Waals surface area contributed by atoms with Crippen LogP contribution in [0.3, 0.4) is 0 Å². The molecule has 1 aliphatic rings. The summed E-state index contributed by atoms with van der Waals surface area (Å²) in [5, 5.41) is 3.80. The van der Waals surface area contributed by atoms with Crippen molar-refractivity contribution < 1.29 is 0 Å². The number of nitrogens with zero attached hydrogens (tertiary/aromatic N) is 1. The molecule has 96 valence electrons. The monoisotopic (exact) mass is 244 g/mol. The van der Waals surface area contributed by atoms with Gasteiger partial charge in [0, 0.05) is 12.1 Å². The molecular weight excluding hydrogens is 216 g/mol. The molecule has 2 atom stereocenters. The maximum Gasteiger partial charge on any atom is 0.00821 e. The topological polar surface area (TPSA) is 15.3 Å². The Labute approximate surface area is 106 Å². The molecule has 1 heterocycles. The smallest absolute Gasteiger partial charge is 0.00821 e. The molecule has 3 heteroatoms. The van der Waals surface area contributed by atoms with Crippen molar-refractivity contribution in [3.63, 3.8) is 0 Å². The molecule has 0 amide bonds. The second kappa shape index (κ2) is 8.37. The van der Waals surface area contributed by atoms with Crippen molar-refractivity contribution in [1.82, 2.24) is 10.2 Å². The highest BCUT2D eigenvalue weighted by Gasteiger charge is 2.16. The molecule has 2 nitrogen and oxygen atoms in total. The van der Waals surface area contributed by atoms with E-state index in [9.17, 15) is 0 Å². The van der Waals surface area contributed by atoms with E-state index in [4.69, 9.17) is 0 Å². The van der Waals surface area contributed by atoms with Crippen molar-refractivity contribution in [3.8, 4) is 0 Å². The molecular formula is C13H28N2S. The van der Waals surface area contributed by atoms with E-state index < -0.39 is 0 Å². The molecule has 16 heavy (non-hydrogen) atoms. The third-order valence-electron chi connectivity index (χ3n) is 3.37. The number of thioether (sulfide) groups is 1. The minimum atomic E-state index is 0.687. The van der Waals surface area contributed by atoms with Gasteiger partial charge in [-0.15, -0.1) is 0 Å². The minimum Gasteiger partial charge on any atom is -0.311 e. The minimum absolute atomic E-state index is 0.687. The third kappa shape index (κ3) is 6.12. The lowest BCUT2D eigenvalue weighted by atomic mass is 10.1. The predicted molar refractivity (Wildman–Crippen MR) is 75.3 cm³/mol. The summed E-state index contributed by atoms with van der Waals surface area (Å²) >= 11 is 2.05. The Hall–Kier alpha value is 0.270. The lowest BCUT2D eigenvalue weighted by molar-refractivity contribution is 0.339. The van der Waals surface area contributed by atoms with Crippen molar-refractivity contribution >= 4 is 11.8 Å². The van der Waals surface area contributed by atoms with Crippen LogP contribution in [0.25, 0.3) is 0 Å². The largest absolute Gasteiger partial charge is 0.311 e. The molecule has 1 fully saturated rings. The van der Waals surface area contributed by atoms with Crippen LogP contribution in [0, 0.1) is 0 Å². The third-order valence-corrected chi connectivity index (χ3v) is 4.30. The van der Waals surface area contributed by atoms with Crippen LogP contribution in [0.1, 0.15) is 39.5 Å². The maximum atomic E-state index is 3.80. The van der Waals surface area contributed by atoms with E-state index in [1.165, 1.54) is 50.3 Å². The second-order valence-electron chi connectivity index (χ2n) is 4.98. The Morgan fingerprint density at radius 1 is 1.38 bits per heavy atom. The Bertz CT molecular complexity index is 175. The molecule has 0 radical (unpaired) electrons. The fourth-order valence-corrected chi connectivity index (χ4v) is 3.11. The van der Waals surface area contributed by atoms with Crippen molar-refractivity contribution in [3.05, 3.63) is 0 Å². The molecule has 1 saturated heterocycles. The number of hydrogen-bond acceptors (Lipinski definition) is 3. The summed E-state index contributed by atoms with van der Waals surface area (Å²) in [5.41, 5.74) is 0. The van der Waals surface area contributed by atoms with Crippen LogP contribution in [-0.2, 0) is 0 Å². The zero-order valence-electron chi connectivity index (χ0n) is 11.2. The summed E-state index contributed by atoms with van der Waals surface area (Å²) in [5.74, 6) is 2.55. The standard InChI is InChI=1S/C13H28N2S/c1-4-16-11-8-12(2)14-13-6-5-9-15(3)10-7-13/h12-14H,4-11H2,1-3H3. The average Bonchev–Trinajstić information content (AvgIpc) is 2.44. The first-order chi connectivity index (χ1) is 7.72. The van der Waals surface area contributed by atoms with E-state index in [0.717, 1.165) is 6.04 Å². The highest BCUT2D eigenvalue weighted by Crippen LogP contribution is 2.12. The van der Waals surface area contributed by atoms with E-state index in [0.29, 0.717) is 6.04 Å². The fraction of sp³-hybridized carbons (Fsp3) is 1.00. The van der Waals surface area contributed by atoms with Gasteiger partial charge in [0.2, 0.25) is 0 Å². The van der Waals surface area contributed by atoms with Gasteiger partial charge in [-0.3, -0.25) is 0 Å². The average molecular weight is 244 g/mol. The van der Waals surface area contributed by atoms with Gasteiger partial charge in [0.15, 0.2) is 0 Å². The molecule has 1 N–H and O–H groups in total. The van der Waals surface area contributed by atoms with Crippen molar-refractivity contribution in [2.75, 3.05) is 31.6 Å². The predicted octanol–water partition coefficient (Wildman–Crippen LogP) is 2.59. The summed E-state index contributed by atoms with van der Waals surface area (Å²) in [6.07, 6.45) is 5.34. The van der Waals surface area contributed by atoms with Crippen LogP contribution in [-0.4, -0.2) is 48.6 Å². The van der Waals surface area contributed by atoms with Crippen LogP contribution >= 0.6 is 11.8 Å². The number of hydrogen-bond donors (Lipinski definition) is 1. The first-order valence-corrected chi connectivity index (χ1v) is 7.90. The van der Waals surface area contributed by atoms with Gasteiger partial charge in [-0.1, -0.05) is 6.92 Å². The molecule has 0 spiro atoms. The molecule has 0 bridgehead atoms. The Kier molecular flexibility index (Phi) is 7.50. The van der Waals surface area contributed by atoms with Gasteiger partial charge < -0.3 is 10.2 Å². The summed E-state index contributed by atoms with van der Waals surface area (Å²) in [7, 11) is 2.24. The van der Waals surface area contributed by atoms with Gasteiger partial charge in [0.05, 0.1) is 0 Å². The highest BCUT2D eigenvalue weighted by molar-refractivity contribution is 7.99. The van der Waals surface area contributed by atoms with Gasteiger partial charge in [-0.05, 0) is 64.2 Å². The van der Waals surface area contributed by atoms with Gasteiger partial charge in [-0.2, -0.15) is 11.8 Å². The number of rotatable bonds is 6. The van der Waals surface area contributed by atoms with Crippen molar-refractivity contribution in [2.24, 2.45) is 0 Å². The van der Waals surface area contributed by atoms with Crippen LogP contribution in [0.15, 0.2) is 0 Å². The molecule has 1 aliphatic heterocycles. The lowest BCUT2D eigenvalue weighted by Crippen LogP contribution is -2.37. The van der Waals surface area contributed by atoms with Gasteiger partial charge in [-0.25, -0.2) is 0 Å². The van der Waals surface area contributed by atoms with E-state index in [2.05, 4.69) is 42.9 Å². The summed E-state index contributed by atoms with van der Waals surface area (Å²) in [4.78, 5) is 2.46. The van der Waals surface area contributed by atoms with E-state index in [1.807, 2.05) is 0 Å². The maximum absolute atomic E-state index is 3.80. The van der Waals surface area contributed by atoms with E-state index in [-0.39, 0.29) is 0 Å². The zero-order valence-corrected chi connectivity index (χ0v) is 12.0. The van der Waals surface area contributed by atoms with Gasteiger partial charge >= 0.3 is 0 Å². The fourth-order valence-electron chi connectivity index (χ4n) is 2.30. The van der Waals surface area contributed by atoms with E-state index in [1.54, 1.807) is 0 Å². The number of nitrogens with one attached hydrogen (secondary N) is 1. The molecule has 0 aromatic heterocycles. The molecule has 1 rings (SSSR count). The summed E-state index contributed by atoms with van der Waals surface area (Å²) < 4.78 is 0. The normalized spacial score (nSPS) is 25.3. The SMILES string of the molecule is CCSCCC(C)NC1CCCN(C)CC1. The van der Waals surface area contributed by atoms with Crippen LogP contribution < -0.4 is 5.32 Å². The van der Waals surface area contributed by atoms with Gasteiger partial charge in [0.25, 0.3) is 0 Å². The van der Waals surface area contributed by atoms with Crippen LogP contribution in [0.4, 0.5) is 0 Å². The number of likely N-dealkylation sites (tertiary alicyclic amines) is 1. The lowest BCUT2D eigenvalue weighted by Gasteiger charge is -2.22. The molecule has 0 saturated carbocycles. The zero-order chi connectivity index (χ0) is 11.8. The van der Waals surface area contributed by atoms with Crippen LogP contribution in [0.2, 0.25) is 0 Å². The summed E-state index contributed by atoms with van der Waals surface area (Å²) in [6, 6.07) is 1.44. The first kappa shape index (κ1) is 14.3. The molecule has 0 aromatic rings. The van der Waals surface area contributed by atoms with Crippen molar-refractivity contribution in [1.29, 1.82) is 0 Å². The molecule has 0 aromatic carbocycles. The molecule has 0 aliphatic carbocycles. The Morgan fingerprint density at radius 2 is 2.19 bits per heavy atom. The Morgan fingerprint density at radius 3 is 2.94 bits per heavy atom. The first-order valence-electron chi connectivity index (χ1n) is 6.74. The van der Waals surface area contributed by atoms with Crippen LogP contribution in [0.5, 0.6) is 0 Å². The Balaban J connectivity index is 2.14. The second-order valence-corrected chi connectivity index (χ2v) is 6.38. The van der Waals surface area contributed by atoms with E-state index >= 15 is 0 Å². The molecule has 2 unspecified atom stereocenters.